The molecule has 3 aromatic rings. The molecule has 0 radical (unpaired) electrons. The van der Waals surface area contributed by atoms with E-state index in [1.165, 1.54) is 6.42 Å². The molecule has 0 aliphatic heterocycles. The average Bonchev–Trinajstić information content (AvgIpc) is 3.04. The number of benzene rings is 2. The highest BCUT2D eigenvalue weighted by Gasteiger charge is 2.34. The number of anilines is 2. The summed E-state index contributed by atoms with van der Waals surface area (Å²) in [5.74, 6) is 1.24. The van der Waals surface area contributed by atoms with Crippen LogP contribution in [0.25, 0.3) is 11.0 Å². The molecule has 2 aromatic carbocycles. The van der Waals surface area contributed by atoms with Crippen molar-refractivity contribution in [2.45, 2.75) is 66.0 Å². The van der Waals surface area contributed by atoms with Gasteiger partial charge < -0.3 is 19.7 Å². The fourth-order valence-corrected chi connectivity index (χ4v) is 5.19. The van der Waals surface area contributed by atoms with Gasteiger partial charge in [0.05, 0.1) is 22.7 Å². The first-order valence-electron chi connectivity index (χ1n) is 11.4. The zero-order valence-corrected chi connectivity index (χ0v) is 19.6. The van der Waals surface area contributed by atoms with Gasteiger partial charge in [-0.1, -0.05) is 20.8 Å². The van der Waals surface area contributed by atoms with Crippen LogP contribution in [0.1, 0.15) is 70.3 Å². The Morgan fingerprint density at radius 2 is 1.91 bits per heavy atom. The number of aromatic carboxylic acids is 1. The van der Waals surface area contributed by atoms with Crippen molar-refractivity contribution in [2.75, 3.05) is 5.32 Å². The Labute approximate surface area is 189 Å². The SMILES string of the molecule is CC(C)Oc1ccc(Nc2nc3ccc(C(=O)O)cc3n2C2C[C@H](C)CC(C)(C)C2)cc1. The molecule has 0 saturated heterocycles. The van der Waals surface area contributed by atoms with Crippen molar-refractivity contribution in [3.63, 3.8) is 0 Å². The van der Waals surface area contributed by atoms with E-state index >= 15 is 0 Å². The smallest absolute Gasteiger partial charge is 0.335 e. The number of rotatable bonds is 6. The van der Waals surface area contributed by atoms with E-state index in [2.05, 4.69) is 30.7 Å². The van der Waals surface area contributed by atoms with E-state index in [0.717, 1.165) is 41.3 Å². The Morgan fingerprint density at radius 1 is 1.19 bits per heavy atom. The van der Waals surface area contributed by atoms with Crippen molar-refractivity contribution in [1.29, 1.82) is 0 Å². The van der Waals surface area contributed by atoms with Gasteiger partial charge in [0.2, 0.25) is 5.95 Å². The lowest BCUT2D eigenvalue weighted by Gasteiger charge is -2.40. The fourth-order valence-electron chi connectivity index (χ4n) is 5.19. The Kier molecular flexibility index (Phi) is 5.89. The number of fused-ring (bicyclic) bond motifs is 1. The summed E-state index contributed by atoms with van der Waals surface area (Å²) in [5, 5.41) is 13.0. The van der Waals surface area contributed by atoms with Crippen LogP contribution in [0, 0.1) is 11.3 Å². The lowest BCUT2D eigenvalue weighted by atomic mass is 9.70. The van der Waals surface area contributed by atoms with Crippen LogP contribution in [-0.2, 0) is 0 Å². The van der Waals surface area contributed by atoms with Crippen LogP contribution in [0.3, 0.4) is 0 Å². The summed E-state index contributed by atoms with van der Waals surface area (Å²) in [6, 6.07) is 13.3. The lowest BCUT2D eigenvalue weighted by Crippen LogP contribution is -2.29. The molecule has 0 bridgehead atoms. The van der Waals surface area contributed by atoms with Gasteiger partial charge in [0, 0.05) is 11.7 Å². The number of nitrogens with zero attached hydrogens (tertiary/aromatic N) is 2. The summed E-state index contributed by atoms with van der Waals surface area (Å²) in [5.41, 5.74) is 3.08. The van der Waals surface area contributed by atoms with Gasteiger partial charge in [0.25, 0.3) is 0 Å². The second kappa shape index (κ2) is 8.49. The standard InChI is InChI=1S/C26H33N3O3/c1-16(2)32-21-9-7-19(8-10-21)27-25-28-22-11-6-18(24(30)31)13-23(22)29(25)20-12-17(3)14-26(4,5)15-20/h6-11,13,16-17,20H,12,14-15H2,1-5H3,(H,27,28)(H,30,31)/t17-,20?/m0/s1. The minimum atomic E-state index is -0.924. The maximum absolute atomic E-state index is 11.6. The molecule has 4 rings (SSSR count). The fraction of sp³-hybridized carbons (Fsp3) is 0.462. The van der Waals surface area contributed by atoms with Crippen LogP contribution < -0.4 is 10.1 Å². The molecule has 170 valence electrons. The molecule has 32 heavy (non-hydrogen) atoms. The Bertz CT molecular complexity index is 1120. The molecular formula is C26H33N3O3. The predicted octanol–water partition coefficient (Wildman–Crippen LogP) is 6.65. The number of ether oxygens (including phenoxy) is 1. The normalized spacial score (nSPS) is 20.4. The van der Waals surface area contributed by atoms with Gasteiger partial charge in [-0.3, -0.25) is 0 Å². The van der Waals surface area contributed by atoms with Crippen LogP contribution in [0.15, 0.2) is 42.5 Å². The molecule has 1 aliphatic rings. The second-order valence-electron chi connectivity index (χ2n) is 10.2. The van der Waals surface area contributed by atoms with E-state index in [-0.39, 0.29) is 23.1 Å². The van der Waals surface area contributed by atoms with Gasteiger partial charge in [-0.05, 0) is 86.9 Å². The van der Waals surface area contributed by atoms with E-state index in [9.17, 15) is 9.90 Å². The number of hydrogen-bond acceptors (Lipinski definition) is 4. The maximum Gasteiger partial charge on any atom is 0.335 e. The number of carboxylic acids is 1. The second-order valence-corrected chi connectivity index (χ2v) is 10.2. The third kappa shape index (κ3) is 4.74. The van der Waals surface area contributed by atoms with E-state index in [4.69, 9.17) is 9.72 Å². The summed E-state index contributed by atoms with van der Waals surface area (Å²) >= 11 is 0. The topological polar surface area (TPSA) is 76.4 Å². The molecule has 1 aromatic heterocycles. The molecule has 0 amide bonds. The van der Waals surface area contributed by atoms with E-state index in [0.29, 0.717) is 5.92 Å². The maximum atomic E-state index is 11.6. The number of hydrogen-bond donors (Lipinski definition) is 2. The first-order chi connectivity index (χ1) is 15.1. The minimum Gasteiger partial charge on any atom is -0.491 e. The van der Waals surface area contributed by atoms with Gasteiger partial charge in [0.15, 0.2) is 0 Å². The molecule has 1 fully saturated rings. The largest absolute Gasteiger partial charge is 0.491 e. The Hall–Kier alpha value is -3.02. The highest BCUT2D eigenvalue weighted by atomic mass is 16.5. The molecule has 1 saturated carbocycles. The third-order valence-electron chi connectivity index (χ3n) is 6.15. The summed E-state index contributed by atoms with van der Waals surface area (Å²) in [6.45, 7) is 10.9. The van der Waals surface area contributed by atoms with E-state index in [1.807, 2.05) is 38.1 Å². The van der Waals surface area contributed by atoms with Gasteiger partial charge in [0.1, 0.15) is 5.75 Å². The first-order valence-corrected chi connectivity index (χ1v) is 11.4. The van der Waals surface area contributed by atoms with E-state index in [1.54, 1.807) is 18.2 Å². The highest BCUT2D eigenvalue weighted by Crippen LogP contribution is 2.46. The van der Waals surface area contributed by atoms with E-state index < -0.39 is 5.97 Å². The van der Waals surface area contributed by atoms with Crippen molar-refractivity contribution in [3.8, 4) is 5.75 Å². The van der Waals surface area contributed by atoms with Gasteiger partial charge in [-0.2, -0.15) is 0 Å². The predicted molar refractivity (Wildman–Crippen MR) is 128 cm³/mol. The molecule has 1 aliphatic carbocycles. The van der Waals surface area contributed by atoms with Crippen LogP contribution >= 0.6 is 0 Å². The third-order valence-corrected chi connectivity index (χ3v) is 6.15. The van der Waals surface area contributed by atoms with Gasteiger partial charge >= 0.3 is 5.97 Å². The lowest BCUT2D eigenvalue weighted by molar-refractivity contribution is 0.0697. The Balaban J connectivity index is 1.76. The minimum absolute atomic E-state index is 0.123. The van der Waals surface area contributed by atoms with Gasteiger partial charge in [-0.25, -0.2) is 9.78 Å². The van der Waals surface area contributed by atoms with Crippen LogP contribution in [0.4, 0.5) is 11.6 Å². The molecule has 1 unspecified atom stereocenters. The van der Waals surface area contributed by atoms with Crippen LogP contribution in [0.5, 0.6) is 5.75 Å². The molecule has 6 nitrogen and oxygen atoms in total. The zero-order chi connectivity index (χ0) is 23.0. The van der Waals surface area contributed by atoms with Crippen molar-refractivity contribution in [1.82, 2.24) is 9.55 Å². The van der Waals surface area contributed by atoms with Crippen molar-refractivity contribution in [2.24, 2.45) is 11.3 Å². The number of carbonyl (C=O) groups is 1. The molecule has 1 heterocycles. The Morgan fingerprint density at radius 3 is 2.53 bits per heavy atom. The number of aromatic nitrogens is 2. The molecule has 0 spiro atoms. The molecule has 6 heteroatoms. The monoisotopic (exact) mass is 435 g/mol. The summed E-state index contributed by atoms with van der Waals surface area (Å²) < 4.78 is 7.97. The summed E-state index contributed by atoms with van der Waals surface area (Å²) in [4.78, 5) is 16.5. The number of nitrogens with one attached hydrogen (secondary N) is 1. The molecule has 2 atom stereocenters. The average molecular weight is 436 g/mol. The van der Waals surface area contributed by atoms with Crippen LogP contribution in [-0.4, -0.2) is 26.7 Å². The summed E-state index contributed by atoms with van der Waals surface area (Å²) in [7, 11) is 0. The van der Waals surface area contributed by atoms with Crippen LogP contribution in [0.2, 0.25) is 0 Å². The number of carboxylic acid groups (broad SMARTS) is 1. The van der Waals surface area contributed by atoms with Crippen molar-refractivity contribution in [3.05, 3.63) is 48.0 Å². The number of imidazole rings is 1. The van der Waals surface area contributed by atoms with Gasteiger partial charge in [-0.15, -0.1) is 0 Å². The first kappa shape index (κ1) is 22.2. The molecule has 2 N–H and O–H groups in total. The highest BCUT2D eigenvalue weighted by molar-refractivity contribution is 5.93. The molecular weight excluding hydrogens is 402 g/mol. The quantitative estimate of drug-likeness (QED) is 0.453. The summed E-state index contributed by atoms with van der Waals surface area (Å²) in [6.07, 6.45) is 3.38. The van der Waals surface area contributed by atoms with Crippen molar-refractivity contribution < 1.29 is 14.6 Å². The zero-order valence-electron chi connectivity index (χ0n) is 19.6. The van der Waals surface area contributed by atoms with Crippen molar-refractivity contribution >= 4 is 28.6 Å².